The number of hydrogen-bond donors (Lipinski definition) is 1. The summed E-state index contributed by atoms with van der Waals surface area (Å²) in [4.78, 5) is 43.6. The number of ether oxygens (including phenoxy) is 1. The van der Waals surface area contributed by atoms with Gasteiger partial charge < -0.3 is 4.74 Å². The Morgan fingerprint density at radius 2 is 1.73 bits per heavy atom. The number of carbonyl (C=O) groups is 3. The number of nitrogens with zero attached hydrogens (tertiary/aromatic N) is 1. The van der Waals surface area contributed by atoms with E-state index < -0.39 is 30.6 Å². The number of hydroxylamine groups is 1. The highest BCUT2D eigenvalue weighted by atomic mass is 16.8. The zero-order valence-electron chi connectivity index (χ0n) is 14.7. The first-order valence-corrected chi connectivity index (χ1v) is 8.42. The van der Waals surface area contributed by atoms with E-state index in [0.717, 1.165) is 16.7 Å². The minimum atomic E-state index is -0.601. The molecule has 0 saturated carbocycles. The SMILES string of the molecule is CCCC(OC)ONC(=O)CN1C(=O)c2cccc3cccc(c23)C1=O. The molecule has 1 heterocycles. The fraction of sp³-hybridized carbons (Fsp3) is 0.316. The van der Waals surface area contributed by atoms with Crippen molar-refractivity contribution in [2.75, 3.05) is 13.7 Å². The van der Waals surface area contributed by atoms with Crippen LogP contribution < -0.4 is 5.48 Å². The maximum atomic E-state index is 12.7. The van der Waals surface area contributed by atoms with Gasteiger partial charge in [0.05, 0.1) is 0 Å². The minimum absolute atomic E-state index is 0.409. The van der Waals surface area contributed by atoms with Crippen molar-refractivity contribution >= 4 is 28.5 Å². The molecule has 1 aliphatic rings. The molecule has 136 valence electrons. The molecule has 1 atom stereocenters. The second-order valence-electron chi connectivity index (χ2n) is 6.00. The third-order valence-corrected chi connectivity index (χ3v) is 4.25. The van der Waals surface area contributed by atoms with E-state index in [1.54, 1.807) is 24.3 Å². The number of imide groups is 1. The van der Waals surface area contributed by atoms with Crippen LogP contribution in [0.15, 0.2) is 36.4 Å². The number of benzene rings is 2. The summed E-state index contributed by atoms with van der Waals surface area (Å²) >= 11 is 0. The summed E-state index contributed by atoms with van der Waals surface area (Å²) in [5.74, 6) is -1.59. The Labute approximate surface area is 150 Å². The van der Waals surface area contributed by atoms with Crippen molar-refractivity contribution in [3.63, 3.8) is 0 Å². The van der Waals surface area contributed by atoms with Crippen LogP contribution in [0.2, 0.25) is 0 Å². The lowest BCUT2D eigenvalue weighted by Crippen LogP contribution is -2.46. The Hall–Kier alpha value is -2.77. The maximum Gasteiger partial charge on any atom is 0.263 e. The van der Waals surface area contributed by atoms with Gasteiger partial charge in [0, 0.05) is 30.0 Å². The van der Waals surface area contributed by atoms with E-state index >= 15 is 0 Å². The van der Waals surface area contributed by atoms with Crippen molar-refractivity contribution in [1.82, 2.24) is 10.4 Å². The molecule has 1 aliphatic heterocycles. The lowest BCUT2D eigenvalue weighted by atomic mass is 9.94. The molecule has 1 N–H and O–H groups in total. The average Bonchev–Trinajstić information content (AvgIpc) is 2.66. The van der Waals surface area contributed by atoms with E-state index in [1.807, 2.05) is 19.1 Å². The zero-order valence-corrected chi connectivity index (χ0v) is 14.7. The Balaban J connectivity index is 1.77. The van der Waals surface area contributed by atoms with Crippen LogP contribution in [0, 0.1) is 0 Å². The fourth-order valence-electron chi connectivity index (χ4n) is 2.99. The van der Waals surface area contributed by atoms with Gasteiger partial charge in [0.2, 0.25) is 0 Å². The van der Waals surface area contributed by atoms with Crippen molar-refractivity contribution in [1.29, 1.82) is 0 Å². The van der Waals surface area contributed by atoms with Crippen molar-refractivity contribution in [3.05, 3.63) is 47.5 Å². The standard InChI is InChI=1S/C19H20N2O5/c1-3-6-16(25-2)26-20-15(22)11-21-18(23)13-9-4-7-12-8-5-10-14(17(12)13)19(21)24/h4-5,7-10,16H,3,6,11H2,1-2H3,(H,20,22). The summed E-state index contributed by atoms with van der Waals surface area (Å²) in [7, 11) is 1.47. The second kappa shape index (κ2) is 7.63. The molecule has 2 aromatic carbocycles. The molecule has 0 aromatic heterocycles. The Bertz CT molecular complexity index is 813. The lowest BCUT2D eigenvalue weighted by molar-refractivity contribution is -0.179. The summed E-state index contributed by atoms with van der Waals surface area (Å²) in [5, 5.41) is 1.44. The minimum Gasteiger partial charge on any atom is -0.354 e. The molecule has 0 fully saturated rings. The molecule has 7 heteroatoms. The largest absolute Gasteiger partial charge is 0.354 e. The van der Waals surface area contributed by atoms with Crippen molar-refractivity contribution in [2.45, 2.75) is 26.1 Å². The molecule has 0 bridgehead atoms. The number of amides is 3. The number of hydrogen-bond acceptors (Lipinski definition) is 5. The fourth-order valence-corrected chi connectivity index (χ4v) is 2.99. The zero-order chi connectivity index (χ0) is 18.7. The number of carbonyl (C=O) groups excluding carboxylic acids is 3. The van der Waals surface area contributed by atoms with Crippen LogP contribution in [-0.4, -0.2) is 42.6 Å². The molecular formula is C19H20N2O5. The van der Waals surface area contributed by atoms with Crippen molar-refractivity contribution < 1.29 is 24.0 Å². The van der Waals surface area contributed by atoms with Crippen LogP contribution in [0.3, 0.4) is 0 Å². The second-order valence-corrected chi connectivity index (χ2v) is 6.00. The molecule has 3 amide bonds. The van der Waals surface area contributed by atoms with Crippen molar-refractivity contribution in [2.24, 2.45) is 0 Å². The van der Waals surface area contributed by atoms with Gasteiger partial charge in [0.25, 0.3) is 17.7 Å². The number of nitrogens with one attached hydrogen (secondary N) is 1. The highest BCUT2D eigenvalue weighted by Crippen LogP contribution is 2.29. The molecule has 7 nitrogen and oxygen atoms in total. The van der Waals surface area contributed by atoms with Gasteiger partial charge in [-0.2, -0.15) is 0 Å². The summed E-state index contributed by atoms with van der Waals surface area (Å²) in [5.41, 5.74) is 3.06. The van der Waals surface area contributed by atoms with Crippen molar-refractivity contribution in [3.8, 4) is 0 Å². The van der Waals surface area contributed by atoms with E-state index in [9.17, 15) is 14.4 Å². The van der Waals surface area contributed by atoms with E-state index in [1.165, 1.54) is 7.11 Å². The molecule has 26 heavy (non-hydrogen) atoms. The topological polar surface area (TPSA) is 84.9 Å². The van der Waals surface area contributed by atoms with Gasteiger partial charge in [-0.25, -0.2) is 10.3 Å². The monoisotopic (exact) mass is 356 g/mol. The Morgan fingerprint density at radius 1 is 1.12 bits per heavy atom. The molecule has 1 unspecified atom stereocenters. The van der Waals surface area contributed by atoms with Crippen LogP contribution >= 0.6 is 0 Å². The summed E-state index contributed by atoms with van der Waals surface area (Å²) in [6, 6.07) is 10.5. The smallest absolute Gasteiger partial charge is 0.263 e. The predicted octanol–water partition coefficient (Wildman–Crippen LogP) is 2.26. The molecular weight excluding hydrogens is 336 g/mol. The summed E-state index contributed by atoms with van der Waals surface area (Å²) < 4.78 is 5.07. The first kappa shape index (κ1) is 18.0. The van der Waals surface area contributed by atoms with E-state index in [4.69, 9.17) is 9.57 Å². The van der Waals surface area contributed by atoms with Crippen LogP contribution in [-0.2, 0) is 14.4 Å². The molecule has 0 spiro atoms. The van der Waals surface area contributed by atoms with Crippen LogP contribution in [0.1, 0.15) is 40.5 Å². The third-order valence-electron chi connectivity index (χ3n) is 4.25. The van der Waals surface area contributed by atoms with Gasteiger partial charge in [-0.1, -0.05) is 37.6 Å². The maximum absolute atomic E-state index is 12.7. The normalized spacial score (nSPS) is 14.6. The molecule has 0 saturated heterocycles. The van der Waals surface area contributed by atoms with Gasteiger partial charge in [-0.3, -0.25) is 19.3 Å². The molecule has 0 radical (unpaired) electrons. The third kappa shape index (κ3) is 3.31. The van der Waals surface area contributed by atoms with E-state index in [-0.39, 0.29) is 0 Å². The summed E-state index contributed by atoms with van der Waals surface area (Å²) in [6.45, 7) is 1.53. The Morgan fingerprint density at radius 3 is 2.27 bits per heavy atom. The first-order chi connectivity index (χ1) is 12.6. The van der Waals surface area contributed by atoms with Gasteiger partial charge in [-0.15, -0.1) is 0 Å². The quantitative estimate of drug-likeness (QED) is 0.467. The van der Waals surface area contributed by atoms with Crippen LogP contribution in [0.5, 0.6) is 0 Å². The van der Waals surface area contributed by atoms with Gasteiger partial charge >= 0.3 is 0 Å². The average molecular weight is 356 g/mol. The van der Waals surface area contributed by atoms with Crippen LogP contribution in [0.25, 0.3) is 10.8 Å². The van der Waals surface area contributed by atoms with Gasteiger partial charge in [-0.05, 0) is 17.5 Å². The first-order valence-electron chi connectivity index (χ1n) is 8.42. The highest BCUT2D eigenvalue weighted by molar-refractivity contribution is 6.26. The van der Waals surface area contributed by atoms with E-state index in [2.05, 4.69) is 5.48 Å². The van der Waals surface area contributed by atoms with Crippen LogP contribution in [0.4, 0.5) is 0 Å². The Kier molecular flexibility index (Phi) is 5.29. The predicted molar refractivity (Wildman–Crippen MR) is 94.2 cm³/mol. The molecule has 2 aromatic rings. The van der Waals surface area contributed by atoms with Gasteiger partial charge in [0.1, 0.15) is 6.54 Å². The summed E-state index contributed by atoms with van der Waals surface area (Å²) in [6.07, 6.45) is 0.845. The number of methoxy groups -OCH3 is 1. The van der Waals surface area contributed by atoms with E-state index in [0.29, 0.717) is 22.9 Å². The highest BCUT2D eigenvalue weighted by Gasteiger charge is 2.33. The lowest BCUT2D eigenvalue weighted by Gasteiger charge is -2.26. The molecule has 3 rings (SSSR count). The molecule has 0 aliphatic carbocycles. The number of rotatable bonds is 7. The van der Waals surface area contributed by atoms with Gasteiger partial charge in [0.15, 0.2) is 6.29 Å².